The Morgan fingerprint density at radius 2 is 1.84 bits per heavy atom. The molecule has 0 amide bonds. The molecular weight excluding hydrogens is 332 g/mol. The summed E-state index contributed by atoms with van der Waals surface area (Å²) in [7, 11) is 0. The largest absolute Gasteiger partial charge is 0.375 e. The van der Waals surface area contributed by atoms with Gasteiger partial charge in [-0.15, -0.1) is 0 Å². The van der Waals surface area contributed by atoms with E-state index >= 15 is 0 Å². The molecule has 0 bridgehead atoms. The molecule has 3 fully saturated rings. The molecule has 4 atom stereocenters. The maximum absolute atomic E-state index is 12.0. The van der Waals surface area contributed by atoms with Crippen LogP contribution in [0, 0.1) is 11.8 Å². The molecule has 0 spiro atoms. The summed E-state index contributed by atoms with van der Waals surface area (Å²) in [6, 6.07) is 8.52. The van der Waals surface area contributed by atoms with Crippen molar-refractivity contribution in [2.75, 3.05) is 13.1 Å². The summed E-state index contributed by atoms with van der Waals surface area (Å²) >= 11 is 6.33. The molecule has 4 heteroatoms. The zero-order valence-electron chi connectivity index (χ0n) is 15.0. The highest BCUT2D eigenvalue weighted by Crippen LogP contribution is 2.54. The quantitative estimate of drug-likeness (QED) is 0.831. The van der Waals surface area contributed by atoms with E-state index in [1.165, 1.54) is 31.2 Å². The molecule has 2 aliphatic carbocycles. The lowest BCUT2D eigenvalue weighted by molar-refractivity contribution is -0.179. The molecule has 4 unspecified atom stereocenters. The number of benzene rings is 1. The molecule has 138 valence electrons. The van der Waals surface area contributed by atoms with Crippen molar-refractivity contribution >= 4 is 11.6 Å². The predicted octanol–water partition coefficient (Wildman–Crippen LogP) is 4.14. The Hall–Kier alpha value is -0.610. The predicted molar refractivity (Wildman–Crippen MR) is 103 cm³/mol. The average Bonchev–Trinajstić information content (AvgIpc) is 2.62. The molecule has 1 aliphatic heterocycles. The van der Waals surface area contributed by atoms with Gasteiger partial charge in [0.05, 0.1) is 0 Å². The summed E-state index contributed by atoms with van der Waals surface area (Å²) in [6.45, 7) is 1.82. The summed E-state index contributed by atoms with van der Waals surface area (Å²) in [6.07, 6.45) is 9.19. The smallest absolute Gasteiger partial charge is 0.125 e. The molecular formula is C21H31ClN2O. The van der Waals surface area contributed by atoms with E-state index in [1.807, 2.05) is 12.1 Å². The van der Waals surface area contributed by atoms with E-state index in [-0.39, 0.29) is 12.0 Å². The van der Waals surface area contributed by atoms with Gasteiger partial charge in [0, 0.05) is 30.1 Å². The Bertz CT molecular complexity index is 601. The van der Waals surface area contributed by atoms with Crippen LogP contribution in [-0.2, 0) is 0 Å². The lowest BCUT2D eigenvalue weighted by Crippen LogP contribution is -2.61. The highest BCUT2D eigenvalue weighted by Gasteiger charge is 2.52. The zero-order chi connectivity index (χ0) is 17.4. The number of piperidine rings is 1. The number of nitrogens with zero attached hydrogens (tertiary/aromatic N) is 1. The van der Waals surface area contributed by atoms with Gasteiger partial charge in [-0.05, 0) is 61.6 Å². The first kappa shape index (κ1) is 17.8. The number of nitrogens with two attached hydrogens (primary N) is 1. The fourth-order valence-corrected chi connectivity index (χ4v) is 5.98. The van der Waals surface area contributed by atoms with Crippen LogP contribution in [0.5, 0.6) is 0 Å². The van der Waals surface area contributed by atoms with Crippen molar-refractivity contribution in [3.05, 3.63) is 34.9 Å². The number of halogens is 1. The van der Waals surface area contributed by atoms with Crippen LogP contribution in [0.15, 0.2) is 24.3 Å². The zero-order valence-corrected chi connectivity index (χ0v) is 15.8. The lowest BCUT2D eigenvalue weighted by Gasteiger charge is -2.55. The Morgan fingerprint density at radius 3 is 2.60 bits per heavy atom. The minimum absolute atomic E-state index is 0.166. The van der Waals surface area contributed by atoms with Crippen molar-refractivity contribution < 1.29 is 5.11 Å². The first-order valence-electron chi connectivity index (χ1n) is 10.1. The highest BCUT2D eigenvalue weighted by atomic mass is 35.5. The van der Waals surface area contributed by atoms with Gasteiger partial charge in [-0.2, -0.15) is 0 Å². The summed E-state index contributed by atoms with van der Waals surface area (Å²) < 4.78 is 0. The van der Waals surface area contributed by atoms with Gasteiger partial charge in [-0.25, -0.2) is 0 Å². The Kier molecular flexibility index (Phi) is 5.11. The van der Waals surface area contributed by atoms with Crippen LogP contribution in [0.2, 0.25) is 5.02 Å². The second-order valence-electron chi connectivity index (χ2n) is 8.48. The summed E-state index contributed by atoms with van der Waals surface area (Å²) in [5, 5.41) is 12.7. The third kappa shape index (κ3) is 3.37. The van der Waals surface area contributed by atoms with Crippen LogP contribution >= 0.6 is 11.6 Å². The molecule has 0 aromatic heterocycles. The SMILES string of the molecule is NC1CCN(C2(O)CCC3CCCCC3C2c2cccc(Cl)c2)CC1. The van der Waals surface area contributed by atoms with Crippen molar-refractivity contribution in [2.24, 2.45) is 17.6 Å². The summed E-state index contributed by atoms with van der Waals surface area (Å²) in [5.41, 5.74) is 6.59. The third-order valence-electron chi connectivity index (χ3n) is 7.07. The van der Waals surface area contributed by atoms with Gasteiger partial charge >= 0.3 is 0 Å². The topological polar surface area (TPSA) is 49.5 Å². The van der Waals surface area contributed by atoms with E-state index in [0.717, 1.165) is 49.7 Å². The highest BCUT2D eigenvalue weighted by molar-refractivity contribution is 6.30. The molecule has 1 saturated heterocycles. The second kappa shape index (κ2) is 7.19. The molecule has 0 radical (unpaired) electrons. The number of likely N-dealkylation sites (tertiary alicyclic amines) is 1. The van der Waals surface area contributed by atoms with E-state index < -0.39 is 5.72 Å². The van der Waals surface area contributed by atoms with Gasteiger partial charge in [0.1, 0.15) is 5.72 Å². The van der Waals surface area contributed by atoms with Crippen LogP contribution < -0.4 is 5.73 Å². The Labute approximate surface area is 156 Å². The minimum atomic E-state index is -0.747. The molecule has 25 heavy (non-hydrogen) atoms. The van der Waals surface area contributed by atoms with E-state index in [1.54, 1.807) is 0 Å². The number of hydrogen-bond acceptors (Lipinski definition) is 3. The van der Waals surface area contributed by atoms with Gasteiger partial charge in [0.2, 0.25) is 0 Å². The number of rotatable bonds is 2. The van der Waals surface area contributed by atoms with Crippen LogP contribution in [0.3, 0.4) is 0 Å². The van der Waals surface area contributed by atoms with Crippen LogP contribution in [-0.4, -0.2) is 34.9 Å². The van der Waals surface area contributed by atoms with E-state index in [4.69, 9.17) is 17.3 Å². The number of aliphatic hydroxyl groups is 1. The summed E-state index contributed by atoms with van der Waals surface area (Å²) in [5.74, 6) is 1.49. The van der Waals surface area contributed by atoms with E-state index in [2.05, 4.69) is 17.0 Å². The second-order valence-corrected chi connectivity index (χ2v) is 8.92. The standard InChI is InChI=1S/C21H31ClN2O/c22-17-6-3-5-16(14-17)20-19-7-2-1-4-15(19)8-11-21(20,25)24-12-9-18(23)10-13-24/h3,5-6,14-15,18-20,25H,1-2,4,7-13,23H2. The van der Waals surface area contributed by atoms with Gasteiger partial charge in [0.25, 0.3) is 0 Å². The monoisotopic (exact) mass is 362 g/mol. The van der Waals surface area contributed by atoms with Crippen molar-refractivity contribution in [2.45, 2.75) is 69.1 Å². The normalized spacial score (nSPS) is 37.6. The third-order valence-corrected chi connectivity index (χ3v) is 7.31. The molecule has 1 aromatic carbocycles. The number of fused-ring (bicyclic) bond motifs is 1. The Balaban J connectivity index is 1.70. The first-order chi connectivity index (χ1) is 12.1. The van der Waals surface area contributed by atoms with E-state index in [0.29, 0.717) is 5.92 Å². The van der Waals surface area contributed by atoms with Crippen LogP contribution in [0.25, 0.3) is 0 Å². The molecule has 4 rings (SSSR count). The van der Waals surface area contributed by atoms with Crippen molar-refractivity contribution in [3.8, 4) is 0 Å². The van der Waals surface area contributed by atoms with Crippen molar-refractivity contribution in [1.82, 2.24) is 4.90 Å². The maximum atomic E-state index is 12.0. The Morgan fingerprint density at radius 1 is 1.08 bits per heavy atom. The summed E-state index contributed by atoms with van der Waals surface area (Å²) in [4.78, 5) is 2.34. The van der Waals surface area contributed by atoms with Gasteiger partial charge in [-0.1, -0.05) is 43.0 Å². The average molecular weight is 363 g/mol. The fourth-order valence-electron chi connectivity index (χ4n) is 5.79. The lowest BCUT2D eigenvalue weighted by atomic mass is 9.59. The minimum Gasteiger partial charge on any atom is -0.375 e. The maximum Gasteiger partial charge on any atom is 0.125 e. The molecule has 1 heterocycles. The molecule has 2 saturated carbocycles. The number of hydrogen-bond donors (Lipinski definition) is 2. The van der Waals surface area contributed by atoms with Gasteiger partial charge in [-0.3, -0.25) is 4.90 Å². The van der Waals surface area contributed by atoms with Crippen molar-refractivity contribution in [3.63, 3.8) is 0 Å². The van der Waals surface area contributed by atoms with Crippen LogP contribution in [0.1, 0.15) is 62.8 Å². The first-order valence-corrected chi connectivity index (χ1v) is 10.4. The fraction of sp³-hybridized carbons (Fsp3) is 0.714. The molecule has 1 aromatic rings. The van der Waals surface area contributed by atoms with Gasteiger partial charge < -0.3 is 10.8 Å². The van der Waals surface area contributed by atoms with E-state index in [9.17, 15) is 5.11 Å². The van der Waals surface area contributed by atoms with Crippen molar-refractivity contribution in [1.29, 1.82) is 0 Å². The van der Waals surface area contributed by atoms with Crippen LogP contribution in [0.4, 0.5) is 0 Å². The molecule has 3 nitrogen and oxygen atoms in total. The molecule has 3 aliphatic rings. The molecule has 3 N–H and O–H groups in total. The van der Waals surface area contributed by atoms with Gasteiger partial charge in [0.15, 0.2) is 0 Å².